The van der Waals surface area contributed by atoms with Gasteiger partial charge in [0.25, 0.3) is 5.56 Å². The Hall–Kier alpha value is -3.20. The number of benzene rings is 1. The molecule has 0 saturated heterocycles. The van der Waals surface area contributed by atoms with Gasteiger partial charge in [-0.1, -0.05) is 18.2 Å². The minimum absolute atomic E-state index is 0.183. The van der Waals surface area contributed by atoms with Gasteiger partial charge in [0.05, 0.1) is 29.4 Å². The molecule has 1 fully saturated rings. The average molecular weight is 437 g/mol. The molecule has 0 spiro atoms. The topological polar surface area (TPSA) is 86.9 Å². The molecule has 1 N–H and O–H groups in total. The summed E-state index contributed by atoms with van der Waals surface area (Å²) in [5, 5.41) is 14.4. The largest absolute Gasteiger partial charge is 0.476 e. The maximum atomic E-state index is 12.4. The second-order valence-electron chi connectivity index (χ2n) is 7.96. The summed E-state index contributed by atoms with van der Waals surface area (Å²) < 4.78 is 9.23. The van der Waals surface area contributed by atoms with Gasteiger partial charge in [-0.25, -0.2) is 9.67 Å². The van der Waals surface area contributed by atoms with Crippen molar-refractivity contribution in [3.05, 3.63) is 62.5 Å². The number of nitrogens with zero attached hydrogens (tertiary/aromatic N) is 5. The fourth-order valence-corrected chi connectivity index (χ4v) is 4.66. The van der Waals surface area contributed by atoms with E-state index in [1.807, 2.05) is 30.9 Å². The predicted octanol–water partition coefficient (Wildman–Crippen LogP) is 3.23. The Balaban J connectivity index is 1.25. The standard InChI is InChI=1S/C22H24N6O2S/c1-13-23-10-15(31-13)11-24-18-9-20(25-28(3)22(18)29)30-12-14-8-17(14)21-16-6-4-5-7-19(16)27(2)26-21/h4-7,9-10,14,17,24H,8,11-12H2,1-3H3/t14-,17+/m0/s1. The Morgan fingerprint density at radius 2 is 2.06 bits per heavy atom. The van der Waals surface area contributed by atoms with Crippen molar-refractivity contribution >= 4 is 27.9 Å². The summed E-state index contributed by atoms with van der Waals surface area (Å²) in [7, 11) is 3.62. The van der Waals surface area contributed by atoms with Crippen molar-refractivity contribution in [2.24, 2.45) is 20.0 Å². The van der Waals surface area contributed by atoms with Crippen LogP contribution in [0.2, 0.25) is 0 Å². The summed E-state index contributed by atoms with van der Waals surface area (Å²) in [6.07, 6.45) is 2.87. The van der Waals surface area contributed by atoms with Crippen LogP contribution in [0.25, 0.3) is 10.9 Å². The molecule has 0 radical (unpaired) electrons. The number of thiazole rings is 1. The smallest absolute Gasteiger partial charge is 0.290 e. The molecular formula is C22H24N6O2S. The summed E-state index contributed by atoms with van der Waals surface area (Å²) >= 11 is 1.61. The van der Waals surface area contributed by atoms with E-state index < -0.39 is 0 Å². The highest BCUT2D eigenvalue weighted by Crippen LogP contribution is 2.48. The SMILES string of the molecule is Cc1ncc(CNc2cc(OC[C@@H]3C[C@H]3c3nn(C)c4ccccc34)nn(C)c2=O)s1. The lowest BCUT2D eigenvalue weighted by Crippen LogP contribution is -2.24. The number of para-hydroxylation sites is 1. The second-order valence-corrected chi connectivity index (χ2v) is 9.28. The zero-order valence-corrected chi connectivity index (χ0v) is 18.5. The number of aryl methyl sites for hydroxylation is 3. The van der Waals surface area contributed by atoms with Gasteiger partial charge < -0.3 is 10.1 Å². The van der Waals surface area contributed by atoms with Gasteiger partial charge in [-0.2, -0.15) is 5.10 Å². The van der Waals surface area contributed by atoms with Crippen molar-refractivity contribution < 1.29 is 4.74 Å². The molecular weight excluding hydrogens is 412 g/mol. The van der Waals surface area contributed by atoms with Crippen molar-refractivity contribution in [1.82, 2.24) is 24.5 Å². The zero-order valence-electron chi connectivity index (χ0n) is 17.7. The van der Waals surface area contributed by atoms with Gasteiger partial charge in [0.1, 0.15) is 5.69 Å². The van der Waals surface area contributed by atoms with E-state index in [2.05, 4.69) is 33.6 Å². The molecule has 1 saturated carbocycles. The Morgan fingerprint density at radius 3 is 2.87 bits per heavy atom. The van der Waals surface area contributed by atoms with Crippen molar-refractivity contribution in [2.45, 2.75) is 25.8 Å². The van der Waals surface area contributed by atoms with Crippen LogP contribution in [0.1, 0.15) is 27.9 Å². The van der Waals surface area contributed by atoms with Crippen LogP contribution in [0, 0.1) is 12.8 Å². The van der Waals surface area contributed by atoms with Crippen LogP contribution in [0.3, 0.4) is 0 Å². The highest BCUT2D eigenvalue weighted by atomic mass is 32.1. The lowest BCUT2D eigenvalue weighted by atomic mass is 10.1. The highest BCUT2D eigenvalue weighted by Gasteiger charge is 2.42. The Bertz CT molecular complexity index is 1310. The van der Waals surface area contributed by atoms with Gasteiger partial charge in [-0.15, -0.1) is 16.4 Å². The molecule has 5 rings (SSSR count). The molecule has 160 valence electrons. The number of anilines is 1. The first-order valence-corrected chi connectivity index (χ1v) is 11.1. The normalized spacial score (nSPS) is 17.8. The summed E-state index contributed by atoms with van der Waals surface area (Å²) in [4.78, 5) is 17.7. The first-order valence-electron chi connectivity index (χ1n) is 10.3. The molecule has 3 aromatic heterocycles. The summed E-state index contributed by atoms with van der Waals surface area (Å²) in [5.41, 5.74) is 2.58. The first-order chi connectivity index (χ1) is 15.0. The van der Waals surface area contributed by atoms with Gasteiger partial charge in [0.15, 0.2) is 0 Å². The first kappa shape index (κ1) is 19.7. The number of hydrogen-bond acceptors (Lipinski definition) is 7. The van der Waals surface area contributed by atoms with E-state index in [4.69, 9.17) is 9.84 Å². The lowest BCUT2D eigenvalue weighted by molar-refractivity contribution is 0.278. The molecule has 8 nitrogen and oxygen atoms in total. The molecule has 0 bridgehead atoms. The van der Waals surface area contributed by atoms with Crippen molar-refractivity contribution in [2.75, 3.05) is 11.9 Å². The van der Waals surface area contributed by atoms with Crippen molar-refractivity contribution in [1.29, 1.82) is 0 Å². The third-order valence-electron chi connectivity index (χ3n) is 5.67. The lowest BCUT2D eigenvalue weighted by Gasteiger charge is -2.10. The quantitative estimate of drug-likeness (QED) is 0.479. The van der Waals surface area contributed by atoms with E-state index in [9.17, 15) is 4.79 Å². The van der Waals surface area contributed by atoms with Gasteiger partial charge in [-0.05, 0) is 19.4 Å². The molecule has 1 aliphatic carbocycles. The minimum atomic E-state index is -0.183. The number of fused-ring (bicyclic) bond motifs is 1. The van der Waals surface area contributed by atoms with Crippen LogP contribution in [0.5, 0.6) is 5.88 Å². The van der Waals surface area contributed by atoms with Crippen molar-refractivity contribution in [3.63, 3.8) is 0 Å². The molecule has 0 aliphatic heterocycles. The van der Waals surface area contributed by atoms with Gasteiger partial charge in [0, 0.05) is 48.5 Å². The monoisotopic (exact) mass is 436 g/mol. The molecule has 31 heavy (non-hydrogen) atoms. The summed E-state index contributed by atoms with van der Waals surface area (Å²) in [6, 6.07) is 10.00. The van der Waals surface area contributed by atoms with Crippen LogP contribution in [-0.2, 0) is 20.6 Å². The maximum absolute atomic E-state index is 12.4. The molecule has 4 aromatic rings. The second kappa shape index (κ2) is 7.81. The molecule has 2 atom stereocenters. The van der Waals surface area contributed by atoms with Crippen LogP contribution in [0.4, 0.5) is 5.69 Å². The summed E-state index contributed by atoms with van der Waals surface area (Å²) in [5.74, 6) is 1.24. The molecule has 0 amide bonds. The number of ether oxygens (including phenoxy) is 1. The predicted molar refractivity (Wildman–Crippen MR) is 121 cm³/mol. The van der Waals surface area contributed by atoms with E-state index in [1.165, 1.54) is 10.1 Å². The molecule has 1 aromatic carbocycles. The third-order valence-corrected chi connectivity index (χ3v) is 6.58. The molecule has 9 heteroatoms. The van der Waals surface area contributed by atoms with E-state index in [0.717, 1.165) is 27.5 Å². The van der Waals surface area contributed by atoms with Crippen LogP contribution in [-0.4, -0.2) is 31.2 Å². The van der Waals surface area contributed by atoms with Gasteiger partial charge in [0.2, 0.25) is 5.88 Å². The van der Waals surface area contributed by atoms with E-state index in [-0.39, 0.29) is 5.56 Å². The molecule has 0 unspecified atom stereocenters. The average Bonchev–Trinajstić information content (AvgIpc) is 3.29. The zero-order chi connectivity index (χ0) is 21.5. The Morgan fingerprint density at radius 1 is 1.23 bits per heavy atom. The number of aromatic nitrogens is 5. The van der Waals surface area contributed by atoms with E-state index >= 15 is 0 Å². The van der Waals surface area contributed by atoms with Crippen LogP contribution in [0.15, 0.2) is 41.3 Å². The highest BCUT2D eigenvalue weighted by molar-refractivity contribution is 7.11. The summed E-state index contributed by atoms with van der Waals surface area (Å²) in [6.45, 7) is 3.06. The minimum Gasteiger partial charge on any atom is -0.476 e. The number of nitrogens with one attached hydrogen (secondary N) is 1. The van der Waals surface area contributed by atoms with Crippen LogP contribution < -0.4 is 15.6 Å². The van der Waals surface area contributed by atoms with Gasteiger partial charge in [-0.3, -0.25) is 9.48 Å². The fourth-order valence-electron chi connectivity index (χ4n) is 3.92. The number of hydrogen-bond donors (Lipinski definition) is 1. The van der Waals surface area contributed by atoms with E-state index in [1.54, 1.807) is 24.5 Å². The number of rotatable bonds is 7. The molecule has 3 heterocycles. The fraction of sp³-hybridized carbons (Fsp3) is 0.364. The van der Waals surface area contributed by atoms with E-state index in [0.29, 0.717) is 36.6 Å². The third kappa shape index (κ3) is 3.93. The van der Waals surface area contributed by atoms with Gasteiger partial charge >= 0.3 is 0 Å². The maximum Gasteiger partial charge on any atom is 0.290 e. The molecule has 1 aliphatic rings. The Labute approximate surface area is 183 Å². The van der Waals surface area contributed by atoms with Crippen LogP contribution >= 0.6 is 11.3 Å². The van der Waals surface area contributed by atoms with Crippen molar-refractivity contribution in [3.8, 4) is 5.88 Å². The Kier molecular flexibility index (Phi) is 4.97.